The minimum absolute atomic E-state index is 0.240. The second kappa shape index (κ2) is 8.81. The van der Waals surface area contributed by atoms with Crippen molar-refractivity contribution in [2.45, 2.75) is 38.3 Å². The molecule has 1 atom stereocenters. The number of carbonyl (C=O) groups excluding carboxylic acids is 1. The van der Waals surface area contributed by atoms with Gasteiger partial charge in [0.25, 0.3) is 6.47 Å². The molecule has 0 radical (unpaired) electrons. The summed E-state index contributed by atoms with van der Waals surface area (Å²) in [5.41, 5.74) is 1.89. The number of rotatable bonds is 3. The molecule has 1 amide bonds. The first-order valence-corrected chi connectivity index (χ1v) is 9.22. The lowest BCUT2D eigenvalue weighted by Gasteiger charge is -2.28. The van der Waals surface area contributed by atoms with Gasteiger partial charge in [-0.15, -0.1) is 0 Å². The summed E-state index contributed by atoms with van der Waals surface area (Å²) in [6.45, 7) is 2.15. The van der Waals surface area contributed by atoms with Crippen molar-refractivity contribution >= 4 is 12.4 Å². The van der Waals surface area contributed by atoms with Crippen molar-refractivity contribution in [2.24, 2.45) is 0 Å². The Morgan fingerprint density at radius 2 is 2.07 bits per heavy atom. The van der Waals surface area contributed by atoms with E-state index in [1.807, 2.05) is 35.2 Å². The molecule has 27 heavy (non-hydrogen) atoms. The summed E-state index contributed by atoms with van der Waals surface area (Å²) in [5, 5.41) is 6.89. The van der Waals surface area contributed by atoms with Crippen LogP contribution < -0.4 is 0 Å². The van der Waals surface area contributed by atoms with Crippen molar-refractivity contribution < 1.29 is 19.1 Å². The second-order valence-corrected chi connectivity index (χ2v) is 6.91. The maximum Gasteiger partial charge on any atom is 0.290 e. The topological polar surface area (TPSA) is 86.9 Å². The highest BCUT2D eigenvalue weighted by Gasteiger charge is 2.29. The van der Waals surface area contributed by atoms with Gasteiger partial charge in [0, 0.05) is 31.0 Å². The molecule has 1 unspecified atom stereocenters. The fraction of sp³-hybridized carbons (Fsp3) is 0.450. The average molecular weight is 371 g/mol. The number of fused-ring (bicyclic) bond motifs is 1. The molecule has 2 aromatic rings. The predicted molar refractivity (Wildman–Crippen MR) is 100 cm³/mol. The molecule has 1 fully saturated rings. The van der Waals surface area contributed by atoms with Crippen LogP contribution in [0.3, 0.4) is 0 Å². The first-order valence-electron chi connectivity index (χ1n) is 9.22. The highest BCUT2D eigenvalue weighted by molar-refractivity contribution is 5.77. The summed E-state index contributed by atoms with van der Waals surface area (Å²) in [6, 6.07) is 10.3. The van der Waals surface area contributed by atoms with Gasteiger partial charge < -0.3 is 19.3 Å². The van der Waals surface area contributed by atoms with Crippen LogP contribution in [0.2, 0.25) is 0 Å². The van der Waals surface area contributed by atoms with Crippen molar-refractivity contribution in [3.63, 3.8) is 0 Å². The Kier molecular flexibility index (Phi) is 6.24. The van der Waals surface area contributed by atoms with E-state index in [1.165, 1.54) is 6.42 Å². The fourth-order valence-electron chi connectivity index (χ4n) is 3.68. The van der Waals surface area contributed by atoms with Crippen LogP contribution >= 0.6 is 0 Å². The average Bonchev–Trinajstić information content (AvgIpc) is 3.28. The van der Waals surface area contributed by atoms with E-state index in [4.69, 9.17) is 14.3 Å². The molecule has 7 nitrogen and oxygen atoms in total. The Morgan fingerprint density at radius 1 is 1.33 bits per heavy atom. The molecule has 0 bridgehead atoms. The third-order valence-corrected chi connectivity index (χ3v) is 5.18. The van der Waals surface area contributed by atoms with Gasteiger partial charge in [-0.25, -0.2) is 4.98 Å². The van der Waals surface area contributed by atoms with Crippen LogP contribution in [0.5, 0.6) is 0 Å². The summed E-state index contributed by atoms with van der Waals surface area (Å²) in [5.74, 6) is 1.82. The van der Waals surface area contributed by atoms with Gasteiger partial charge in [0.2, 0.25) is 11.8 Å². The molecule has 0 spiro atoms. The van der Waals surface area contributed by atoms with E-state index in [-0.39, 0.29) is 12.4 Å². The van der Waals surface area contributed by atoms with Crippen LogP contribution in [0, 0.1) is 0 Å². The molecule has 2 aliphatic heterocycles. The van der Waals surface area contributed by atoms with E-state index in [9.17, 15) is 4.79 Å². The molecule has 3 heterocycles. The minimum atomic E-state index is -0.250. The number of benzene rings is 1. The summed E-state index contributed by atoms with van der Waals surface area (Å²) in [4.78, 5) is 29.9. The van der Waals surface area contributed by atoms with Gasteiger partial charge in [-0.3, -0.25) is 9.59 Å². The summed E-state index contributed by atoms with van der Waals surface area (Å²) >= 11 is 0. The van der Waals surface area contributed by atoms with E-state index in [2.05, 4.69) is 16.9 Å². The van der Waals surface area contributed by atoms with E-state index in [0.29, 0.717) is 24.9 Å². The van der Waals surface area contributed by atoms with Crippen molar-refractivity contribution in [1.82, 2.24) is 14.8 Å². The van der Waals surface area contributed by atoms with Gasteiger partial charge in [0.1, 0.15) is 11.5 Å². The number of nitrogens with zero attached hydrogens (tertiary/aromatic N) is 3. The van der Waals surface area contributed by atoms with E-state index >= 15 is 0 Å². The van der Waals surface area contributed by atoms with Crippen LogP contribution in [-0.4, -0.2) is 58.4 Å². The SMILES string of the molecule is CN1CCCC1CC(=O)N1CCc2oc(-c3ccccc3)nc2C1.O=CO. The van der Waals surface area contributed by atoms with Gasteiger partial charge in [0.15, 0.2) is 0 Å². The highest BCUT2D eigenvalue weighted by Crippen LogP contribution is 2.27. The van der Waals surface area contributed by atoms with E-state index in [0.717, 1.165) is 42.9 Å². The number of aromatic nitrogens is 1. The molecule has 0 aliphatic carbocycles. The second-order valence-electron chi connectivity index (χ2n) is 6.91. The van der Waals surface area contributed by atoms with Gasteiger partial charge in [-0.05, 0) is 38.6 Å². The lowest BCUT2D eigenvalue weighted by Crippen LogP contribution is -2.39. The zero-order valence-electron chi connectivity index (χ0n) is 15.5. The zero-order valence-corrected chi connectivity index (χ0v) is 15.5. The number of hydrogen-bond donors (Lipinski definition) is 1. The number of carboxylic acid groups (broad SMARTS) is 1. The van der Waals surface area contributed by atoms with Crippen LogP contribution in [0.4, 0.5) is 0 Å². The molecule has 1 saturated heterocycles. The van der Waals surface area contributed by atoms with Crippen LogP contribution in [-0.2, 0) is 22.6 Å². The number of oxazole rings is 1. The summed E-state index contributed by atoms with van der Waals surface area (Å²) in [7, 11) is 2.11. The van der Waals surface area contributed by atoms with E-state index in [1.54, 1.807) is 0 Å². The monoisotopic (exact) mass is 371 g/mol. The number of amides is 1. The lowest BCUT2D eigenvalue weighted by molar-refractivity contribution is -0.133. The highest BCUT2D eigenvalue weighted by atomic mass is 16.4. The molecule has 1 aromatic heterocycles. The van der Waals surface area contributed by atoms with Gasteiger partial charge >= 0.3 is 0 Å². The van der Waals surface area contributed by atoms with E-state index < -0.39 is 0 Å². The quantitative estimate of drug-likeness (QED) is 0.834. The standard InChI is InChI=1S/C19H23N3O2.CH2O2/c1-21-10-5-8-15(21)12-18(23)22-11-9-17-16(13-22)20-19(24-17)14-6-3-2-4-7-14;2-1-3/h2-4,6-7,15H,5,8-13H2,1H3;1H,(H,2,3). The first kappa shape index (κ1) is 19.1. The number of hydrogen-bond acceptors (Lipinski definition) is 5. The largest absolute Gasteiger partial charge is 0.483 e. The fourth-order valence-corrected chi connectivity index (χ4v) is 3.68. The maximum atomic E-state index is 12.6. The third kappa shape index (κ3) is 4.54. The molecule has 144 valence electrons. The van der Waals surface area contributed by atoms with Crippen molar-refractivity contribution in [1.29, 1.82) is 0 Å². The normalized spacial score (nSPS) is 19.1. The van der Waals surface area contributed by atoms with Gasteiger partial charge in [0.05, 0.1) is 6.54 Å². The molecule has 1 N–H and O–H groups in total. The molecular formula is C20H25N3O4. The van der Waals surface area contributed by atoms with Gasteiger partial charge in [-0.2, -0.15) is 0 Å². The van der Waals surface area contributed by atoms with Crippen LogP contribution in [0.1, 0.15) is 30.7 Å². The summed E-state index contributed by atoms with van der Waals surface area (Å²) in [6.07, 6.45) is 3.70. The van der Waals surface area contributed by atoms with Crippen LogP contribution in [0.15, 0.2) is 34.7 Å². The number of carbonyl (C=O) groups is 2. The Bertz CT molecular complexity index is 775. The first-order chi connectivity index (χ1) is 13.1. The van der Waals surface area contributed by atoms with Crippen molar-refractivity contribution in [3.8, 4) is 11.5 Å². The lowest BCUT2D eigenvalue weighted by atomic mass is 10.1. The Labute approximate surface area is 158 Å². The van der Waals surface area contributed by atoms with Crippen LogP contribution in [0.25, 0.3) is 11.5 Å². The van der Waals surface area contributed by atoms with Crippen molar-refractivity contribution in [3.05, 3.63) is 41.8 Å². The third-order valence-electron chi connectivity index (χ3n) is 5.18. The molecular weight excluding hydrogens is 346 g/mol. The molecule has 2 aliphatic rings. The number of likely N-dealkylation sites (tertiary alicyclic amines) is 1. The molecule has 1 aromatic carbocycles. The molecule has 7 heteroatoms. The smallest absolute Gasteiger partial charge is 0.290 e. The Morgan fingerprint density at radius 3 is 2.74 bits per heavy atom. The maximum absolute atomic E-state index is 12.6. The molecule has 0 saturated carbocycles. The van der Waals surface area contributed by atoms with Gasteiger partial charge in [-0.1, -0.05) is 18.2 Å². The van der Waals surface area contributed by atoms with Crippen molar-refractivity contribution in [2.75, 3.05) is 20.1 Å². The molecule has 4 rings (SSSR count). The minimum Gasteiger partial charge on any atom is -0.483 e. The Balaban J connectivity index is 0.000000659. The Hall–Kier alpha value is -2.67. The zero-order chi connectivity index (χ0) is 19.2. The predicted octanol–water partition coefficient (Wildman–Crippen LogP) is 2.41. The summed E-state index contributed by atoms with van der Waals surface area (Å²) < 4.78 is 5.91.